The van der Waals surface area contributed by atoms with Crippen LogP contribution >= 0.6 is 19.4 Å². The number of nitrogens with two attached hydrogens (primary N) is 1. The fourth-order valence-corrected chi connectivity index (χ4v) is 5.28. The normalized spacial score (nSPS) is 34.9. The van der Waals surface area contributed by atoms with Gasteiger partial charge in [-0.3, -0.25) is 18.7 Å². The van der Waals surface area contributed by atoms with Crippen molar-refractivity contribution < 1.29 is 68.2 Å². The number of aliphatic hydroxyl groups excluding tert-OH is 6. The van der Waals surface area contributed by atoms with E-state index >= 15 is 0 Å². The SMILES string of the molecule is Nc1ccn(C2OC(COP(=O)(O)O[C@@]3(C=O)C[C@@H](O)[C@@H](NC(=O)CCl)C([C@H](O)C(O)CO)O3)[C@@H](O)[C@H]2O)c(=O)n1. The number of anilines is 1. The molecule has 232 valence electrons. The zero-order valence-corrected chi connectivity index (χ0v) is 22.6. The first-order chi connectivity index (χ1) is 19.2. The van der Waals surface area contributed by atoms with E-state index in [9.17, 15) is 54.5 Å². The van der Waals surface area contributed by atoms with Crippen LogP contribution in [0.1, 0.15) is 12.6 Å². The number of ether oxygens (including phenoxy) is 2. The summed E-state index contributed by atoms with van der Waals surface area (Å²) >= 11 is 5.45. The molecule has 21 heteroatoms. The lowest BCUT2D eigenvalue weighted by Gasteiger charge is -2.46. The molecule has 1 aromatic rings. The quantitative estimate of drug-likeness (QED) is 0.0592. The minimum Gasteiger partial charge on any atom is -0.394 e. The lowest BCUT2D eigenvalue weighted by molar-refractivity contribution is -0.274. The number of nitrogen functional groups attached to an aromatic ring is 1. The van der Waals surface area contributed by atoms with Crippen LogP contribution in [-0.4, -0.2) is 131 Å². The molecule has 0 saturated carbocycles. The number of hydrogen-bond donors (Lipinski definition) is 9. The van der Waals surface area contributed by atoms with Crippen molar-refractivity contribution in [3.8, 4) is 0 Å². The van der Waals surface area contributed by atoms with Crippen molar-refractivity contribution in [3.05, 3.63) is 22.7 Å². The average molecular weight is 633 g/mol. The maximum atomic E-state index is 12.8. The Bertz CT molecular complexity index is 1190. The van der Waals surface area contributed by atoms with E-state index in [1.165, 1.54) is 6.07 Å². The molecule has 0 aliphatic carbocycles. The van der Waals surface area contributed by atoms with E-state index in [-0.39, 0.29) is 12.1 Å². The number of aromatic nitrogens is 2. The van der Waals surface area contributed by atoms with Crippen LogP contribution in [0.25, 0.3) is 0 Å². The van der Waals surface area contributed by atoms with Crippen LogP contribution in [0.2, 0.25) is 0 Å². The number of carbonyl (C=O) groups is 2. The number of halogens is 1. The molecule has 2 aliphatic heterocycles. The molecule has 2 aliphatic rings. The summed E-state index contributed by atoms with van der Waals surface area (Å²) in [6, 6.07) is -0.309. The van der Waals surface area contributed by atoms with E-state index in [1.54, 1.807) is 0 Å². The summed E-state index contributed by atoms with van der Waals surface area (Å²) in [7, 11) is -5.36. The number of amides is 1. The smallest absolute Gasteiger partial charge is 0.394 e. The molecule has 1 aromatic heterocycles. The molecular weight excluding hydrogens is 603 g/mol. The molecule has 0 bridgehead atoms. The number of nitrogens with one attached hydrogen (secondary N) is 1. The van der Waals surface area contributed by atoms with Crippen molar-refractivity contribution in [1.82, 2.24) is 14.9 Å². The number of aliphatic hydroxyl groups is 6. The first-order valence-electron chi connectivity index (χ1n) is 11.9. The summed E-state index contributed by atoms with van der Waals surface area (Å²) in [5, 5.41) is 63.0. The summed E-state index contributed by atoms with van der Waals surface area (Å²) in [4.78, 5) is 49.7. The van der Waals surface area contributed by atoms with Gasteiger partial charge < -0.3 is 56.1 Å². The van der Waals surface area contributed by atoms with Gasteiger partial charge in [-0.2, -0.15) is 4.98 Å². The Kier molecular flexibility index (Phi) is 11.0. The lowest BCUT2D eigenvalue weighted by Crippen LogP contribution is -2.66. The van der Waals surface area contributed by atoms with Crippen LogP contribution in [0.4, 0.5) is 5.82 Å². The Balaban J connectivity index is 1.75. The molecule has 11 atom stereocenters. The highest BCUT2D eigenvalue weighted by atomic mass is 35.5. The number of phosphoric ester groups is 1. The minimum absolute atomic E-state index is 0.120. The number of alkyl halides is 1. The van der Waals surface area contributed by atoms with Crippen LogP contribution in [0.3, 0.4) is 0 Å². The molecular formula is C20H30ClN4O15P. The van der Waals surface area contributed by atoms with Gasteiger partial charge in [-0.25, -0.2) is 13.9 Å². The molecule has 3 rings (SSSR count). The van der Waals surface area contributed by atoms with Gasteiger partial charge in [0.2, 0.25) is 11.7 Å². The van der Waals surface area contributed by atoms with E-state index in [1.807, 2.05) is 0 Å². The monoisotopic (exact) mass is 632 g/mol. The van der Waals surface area contributed by atoms with Crippen molar-refractivity contribution in [2.24, 2.45) is 0 Å². The molecule has 5 unspecified atom stereocenters. The van der Waals surface area contributed by atoms with E-state index in [0.717, 1.165) is 10.8 Å². The van der Waals surface area contributed by atoms with Gasteiger partial charge in [0.25, 0.3) is 0 Å². The standard InChI is InChI=1S/C20H30ClN4O15P/c21-4-12(30)24-13-8(28)3-20(7-27,39-17(13)14(31)9(29)5-26)40-41(35,36)37-6-10-15(32)16(33)18(38-10)25-2-1-11(22)23-19(25)34/h1-2,7-10,13-18,26,28-29,31-33H,3-6H2,(H,24,30)(H,35,36)(H2,22,23,34)/t8-,9?,10?,13-,14-,15-,16-,17?,18?,20-/m1/s1. The Hall–Kier alpha value is -2.10. The minimum atomic E-state index is -5.36. The second-order valence-electron chi connectivity index (χ2n) is 9.20. The first kappa shape index (κ1) is 33.4. The maximum absolute atomic E-state index is 12.8. The highest BCUT2D eigenvalue weighted by Crippen LogP contribution is 2.50. The fourth-order valence-electron chi connectivity index (χ4n) is 4.26. The van der Waals surface area contributed by atoms with Crippen molar-refractivity contribution in [2.75, 3.05) is 24.8 Å². The molecule has 10 N–H and O–H groups in total. The average Bonchev–Trinajstić information content (AvgIpc) is 3.20. The zero-order chi connectivity index (χ0) is 30.7. The number of phosphoric acid groups is 1. The molecule has 0 spiro atoms. The summed E-state index contributed by atoms with van der Waals surface area (Å²) in [6.07, 6.45) is -14.0. The van der Waals surface area contributed by atoms with Crippen LogP contribution in [0, 0.1) is 0 Å². The number of aldehydes is 1. The highest BCUT2D eigenvalue weighted by Gasteiger charge is 2.55. The van der Waals surface area contributed by atoms with Crippen LogP contribution in [0.15, 0.2) is 17.1 Å². The second kappa shape index (κ2) is 13.5. The van der Waals surface area contributed by atoms with Crippen molar-refractivity contribution >= 4 is 37.4 Å². The van der Waals surface area contributed by atoms with Crippen molar-refractivity contribution in [2.45, 2.75) is 67.2 Å². The summed E-state index contributed by atoms with van der Waals surface area (Å²) in [5.41, 5.74) is 4.49. The molecule has 0 aromatic carbocycles. The van der Waals surface area contributed by atoms with Crippen LogP contribution in [-0.2, 0) is 32.7 Å². The molecule has 2 fully saturated rings. The van der Waals surface area contributed by atoms with Gasteiger partial charge in [0, 0.05) is 12.6 Å². The molecule has 41 heavy (non-hydrogen) atoms. The largest absolute Gasteiger partial charge is 0.475 e. The third-order valence-electron chi connectivity index (χ3n) is 6.28. The van der Waals surface area contributed by atoms with Gasteiger partial charge in [0.05, 0.1) is 25.4 Å². The Morgan fingerprint density at radius 3 is 2.63 bits per heavy atom. The highest BCUT2D eigenvalue weighted by molar-refractivity contribution is 7.47. The van der Waals surface area contributed by atoms with Crippen LogP contribution < -0.4 is 16.7 Å². The van der Waals surface area contributed by atoms with Crippen LogP contribution in [0.5, 0.6) is 0 Å². The predicted octanol–water partition coefficient (Wildman–Crippen LogP) is -4.94. The lowest BCUT2D eigenvalue weighted by atomic mass is 9.89. The summed E-state index contributed by atoms with van der Waals surface area (Å²) < 4.78 is 34.1. The number of carbonyl (C=O) groups excluding carboxylic acids is 2. The number of hydrogen-bond acceptors (Lipinski definition) is 16. The van der Waals surface area contributed by atoms with Gasteiger partial charge in [-0.05, 0) is 6.07 Å². The van der Waals surface area contributed by atoms with Crippen molar-refractivity contribution in [1.29, 1.82) is 0 Å². The van der Waals surface area contributed by atoms with Crippen molar-refractivity contribution in [3.63, 3.8) is 0 Å². The van der Waals surface area contributed by atoms with Gasteiger partial charge >= 0.3 is 13.5 Å². The molecule has 3 heterocycles. The molecule has 19 nitrogen and oxygen atoms in total. The third-order valence-corrected chi connectivity index (χ3v) is 7.54. The van der Waals surface area contributed by atoms with Gasteiger partial charge in [0.1, 0.15) is 48.3 Å². The molecule has 0 radical (unpaired) electrons. The maximum Gasteiger partial charge on any atom is 0.475 e. The van der Waals surface area contributed by atoms with E-state index in [2.05, 4.69) is 10.3 Å². The topological polar surface area (TPSA) is 303 Å². The van der Waals surface area contributed by atoms with E-state index < -0.39 is 106 Å². The van der Waals surface area contributed by atoms with Gasteiger partial charge in [-0.15, -0.1) is 11.6 Å². The summed E-state index contributed by atoms with van der Waals surface area (Å²) in [5.74, 6) is -4.35. The fraction of sp³-hybridized carbons (Fsp3) is 0.700. The molecule has 1 amide bonds. The molecule has 2 saturated heterocycles. The zero-order valence-electron chi connectivity index (χ0n) is 21.0. The Morgan fingerprint density at radius 1 is 1.37 bits per heavy atom. The number of nitrogens with zero attached hydrogens (tertiary/aromatic N) is 2. The van der Waals surface area contributed by atoms with Gasteiger partial charge in [-0.1, -0.05) is 0 Å². The summed E-state index contributed by atoms with van der Waals surface area (Å²) in [6.45, 7) is -1.96. The number of rotatable bonds is 12. The third kappa shape index (κ3) is 7.65. The van der Waals surface area contributed by atoms with E-state index in [0.29, 0.717) is 0 Å². The van der Waals surface area contributed by atoms with Gasteiger partial charge in [0.15, 0.2) is 12.5 Å². The predicted molar refractivity (Wildman–Crippen MR) is 132 cm³/mol. The Morgan fingerprint density at radius 2 is 2.05 bits per heavy atom. The Labute approximate surface area is 235 Å². The first-order valence-corrected chi connectivity index (χ1v) is 13.9. The van der Waals surface area contributed by atoms with E-state index in [4.69, 9.17) is 35.9 Å². The second-order valence-corrected chi connectivity index (χ2v) is 10.8.